The van der Waals surface area contributed by atoms with Gasteiger partial charge in [-0.1, -0.05) is 36.7 Å². The first-order valence-electron chi connectivity index (χ1n) is 5.62. The number of hydrogen-bond donors (Lipinski definition) is 0. The summed E-state index contributed by atoms with van der Waals surface area (Å²) in [6, 6.07) is 6.34. The Hall–Kier alpha value is -0.750. The number of halogens is 1. The Morgan fingerprint density at radius 3 is 2.73 bits per heavy atom. The monoisotopic (exact) mass is 220 g/mol. The van der Waals surface area contributed by atoms with Crippen molar-refractivity contribution in [3.63, 3.8) is 0 Å². The van der Waals surface area contributed by atoms with Gasteiger partial charge in [0.15, 0.2) is 0 Å². The molecule has 0 radical (unpaired) electrons. The van der Waals surface area contributed by atoms with E-state index in [1.165, 1.54) is 36.0 Å². The van der Waals surface area contributed by atoms with Gasteiger partial charge in [-0.15, -0.1) is 0 Å². The van der Waals surface area contributed by atoms with Crippen molar-refractivity contribution in [1.82, 2.24) is 0 Å². The van der Waals surface area contributed by atoms with Gasteiger partial charge in [0.05, 0.1) is 0 Å². The van der Waals surface area contributed by atoms with Crippen molar-refractivity contribution in [2.45, 2.75) is 33.1 Å². The Labute approximate surface area is 97.0 Å². The van der Waals surface area contributed by atoms with Gasteiger partial charge in [-0.2, -0.15) is 0 Å². The molecule has 1 aromatic rings. The zero-order valence-corrected chi connectivity index (χ0v) is 10.1. The molecule has 0 amide bonds. The van der Waals surface area contributed by atoms with Crippen molar-refractivity contribution in [1.29, 1.82) is 0 Å². The SMILES string of the molecule is Cc1cc(C2=CCC(C)CC2)ccc1Cl. The first kappa shape index (κ1) is 10.8. The molecule has 0 N–H and O–H groups in total. The summed E-state index contributed by atoms with van der Waals surface area (Å²) >= 11 is 6.02. The predicted octanol–water partition coefficient (Wildman–Crippen LogP) is 4.85. The van der Waals surface area contributed by atoms with Gasteiger partial charge < -0.3 is 0 Å². The van der Waals surface area contributed by atoms with Gasteiger partial charge in [0, 0.05) is 5.02 Å². The van der Waals surface area contributed by atoms with Crippen LogP contribution in [-0.2, 0) is 0 Å². The van der Waals surface area contributed by atoms with E-state index in [9.17, 15) is 0 Å². The van der Waals surface area contributed by atoms with Crippen molar-refractivity contribution in [2.75, 3.05) is 0 Å². The van der Waals surface area contributed by atoms with Crippen LogP contribution >= 0.6 is 11.6 Å². The summed E-state index contributed by atoms with van der Waals surface area (Å²) in [7, 11) is 0. The molecule has 1 aromatic carbocycles. The van der Waals surface area contributed by atoms with Crippen LogP contribution in [0, 0.1) is 12.8 Å². The molecule has 0 spiro atoms. The van der Waals surface area contributed by atoms with E-state index in [0.717, 1.165) is 10.9 Å². The van der Waals surface area contributed by atoms with Crippen LogP contribution in [-0.4, -0.2) is 0 Å². The first-order chi connectivity index (χ1) is 7.16. The number of hydrogen-bond acceptors (Lipinski definition) is 0. The molecule has 2 rings (SSSR count). The Bertz CT molecular complexity index is 390. The molecule has 0 fully saturated rings. The largest absolute Gasteiger partial charge is 0.0841 e. The fraction of sp³-hybridized carbons (Fsp3) is 0.429. The van der Waals surface area contributed by atoms with Gasteiger partial charge in [-0.25, -0.2) is 0 Å². The molecular formula is C14H17Cl. The van der Waals surface area contributed by atoms with Crippen LogP contribution in [0.3, 0.4) is 0 Å². The van der Waals surface area contributed by atoms with E-state index in [0.29, 0.717) is 0 Å². The smallest absolute Gasteiger partial charge is 0.0435 e. The van der Waals surface area contributed by atoms with E-state index in [4.69, 9.17) is 11.6 Å². The third kappa shape index (κ3) is 2.43. The molecule has 0 nitrogen and oxygen atoms in total. The molecular weight excluding hydrogens is 204 g/mol. The second-order valence-electron chi connectivity index (χ2n) is 4.57. The first-order valence-corrected chi connectivity index (χ1v) is 6.00. The molecule has 0 aromatic heterocycles. The topological polar surface area (TPSA) is 0 Å². The Balaban J connectivity index is 2.26. The zero-order chi connectivity index (χ0) is 10.8. The van der Waals surface area contributed by atoms with Crippen LogP contribution in [0.15, 0.2) is 24.3 Å². The highest BCUT2D eigenvalue weighted by molar-refractivity contribution is 6.31. The predicted molar refractivity (Wildman–Crippen MR) is 67.2 cm³/mol. The van der Waals surface area contributed by atoms with E-state index in [-0.39, 0.29) is 0 Å². The highest BCUT2D eigenvalue weighted by atomic mass is 35.5. The molecule has 0 bridgehead atoms. The lowest BCUT2D eigenvalue weighted by Crippen LogP contribution is -2.01. The van der Waals surface area contributed by atoms with Crippen molar-refractivity contribution < 1.29 is 0 Å². The standard InChI is InChI=1S/C14H17Cl/c1-10-3-5-12(6-4-10)13-7-8-14(15)11(2)9-13/h5,7-10H,3-4,6H2,1-2H3. The minimum Gasteiger partial charge on any atom is -0.0841 e. The summed E-state index contributed by atoms with van der Waals surface area (Å²) < 4.78 is 0. The number of rotatable bonds is 1. The molecule has 0 saturated carbocycles. The van der Waals surface area contributed by atoms with Gasteiger partial charge in [-0.05, 0) is 54.9 Å². The number of benzene rings is 1. The van der Waals surface area contributed by atoms with Crippen molar-refractivity contribution in [3.05, 3.63) is 40.4 Å². The number of allylic oxidation sites excluding steroid dienone is 2. The van der Waals surface area contributed by atoms with Crippen molar-refractivity contribution in [2.24, 2.45) is 5.92 Å². The molecule has 15 heavy (non-hydrogen) atoms. The minimum absolute atomic E-state index is 0.849. The maximum Gasteiger partial charge on any atom is 0.0435 e. The summed E-state index contributed by atoms with van der Waals surface area (Å²) in [6.45, 7) is 4.39. The Morgan fingerprint density at radius 1 is 1.33 bits per heavy atom. The zero-order valence-electron chi connectivity index (χ0n) is 9.39. The van der Waals surface area contributed by atoms with E-state index in [1.54, 1.807) is 0 Å². The minimum atomic E-state index is 0.849. The van der Waals surface area contributed by atoms with E-state index in [2.05, 4.69) is 32.1 Å². The molecule has 1 heteroatoms. The third-order valence-electron chi connectivity index (χ3n) is 3.20. The average molecular weight is 221 g/mol. The lowest BCUT2D eigenvalue weighted by atomic mass is 9.87. The van der Waals surface area contributed by atoms with E-state index >= 15 is 0 Å². The summed E-state index contributed by atoms with van der Waals surface area (Å²) in [5.74, 6) is 0.849. The molecule has 1 unspecified atom stereocenters. The van der Waals surface area contributed by atoms with Crippen molar-refractivity contribution in [3.8, 4) is 0 Å². The molecule has 0 aliphatic heterocycles. The van der Waals surface area contributed by atoms with Gasteiger partial charge in [0.1, 0.15) is 0 Å². The van der Waals surface area contributed by atoms with Crippen LogP contribution in [0.25, 0.3) is 5.57 Å². The quantitative estimate of drug-likeness (QED) is 0.635. The highest BCUT2D eigenvalue weighted by Crippen LogP contribution is 2.31. The molecule has 1 aliphatic carbocycles. The van der Waals surface area contributed by atoms with Crippen LogP contribution in [0.2, 0.25) is 5.02 Å². The molecule has 0 saturated heterocycles. The summed E-state index contributed by atoms with van der Waals surface area (Å²) in [4.78, 5) is 0. The summed E-state index contributed by atoms with van der Waals surface area (Å²) in [5, 5.41) is 0.864. The second kappa shape index (κ2) is 4.40. The lowest BCUT2D eigenvalue weighted by molar-refractivity contribution is 0.534. The maximum atomic E-state index is 6.02. The van der Waals surface area contributed by atoms with E-state index in [1.807, 2.05) is 6.07 Å². The fourth-order valence-corrected chi connectivity index (χ4v) is 2.19. The van der Waals surface area contributed by atoms with E-state index < -0.39 is 0 Å². The van der Waals surface area contributed by atoms with Crippen molar-refractivity contribution >= 4 is 17.2 Å². The fourth-order valence-electron chi connectivity index (χ4n) is 2.07. The van der Waals surface area contributed by atoms with Crippen LogP contribution in [0.1, 0.15) is 37.3 Å². The van der Waals surface area contributed by atoms with Gasteiger partial charge in [0.2, 0.25) is 0 Å². The second-order valence-corrected chi connectivity index (χ2v) is 4.98. The molecule has 1 atom stereocenters. The van der Waals surface area contributed by atoms with Gasteiger partial charge >= 0.3 is 0 Å². The summed E-state index contributed by atoms with van der Waals surface area (Å²) in [6.07, 6.45) is 6.13. The van der Waals surface area contributed by atoms with Crippen LogP contribution in [0.4, 0.5) is 0 Å². The van der Waals surface area contributed by atoms with Crippen LogP contribution < -0.4 is 0 Å². The lowest BCUT2D eigenvalue weighted by Gasteiger charge is -2.18. The Kier molecular flexibility index (Phi) is 3.16. The molecule has 80 valence electrons. The third-order valence-corrected chi connectivity index (χ3v) is 3.63. The van der Waals surface area contributed by atoms with Gasteiger partial charge in [0.25, 0.3) is 0 Å². The summed E-state index contributed by atoms with van der Waals surface area (Å²) in [5.41, 5.74) is 4.02. The average Bonchev–Trinajstić information content (AvgIpc) is 2.23. The highest BCUT2D eigenvalue weighted by Gasteiger charge is 2.11. The molecule has 0 heterocycles. The normalized spacial score (nSPS) is 21.3. The van der Waals surface area contributed by atoms with Gasteiger partial charge in [-0.3, -0.25) is 0 Å². The Morgan fingerprint density at radius 2 is 2.13 bits per heavy atom. The van der Waals surface area contributed by atoms with Crippen LogP contribution in [0.5, 0.6) is 0 Å². The molecule has 1 aliphatic rings. The number of aryl methyl sites for hydroxylation is 1. The maximum absolute atomic E-state index is 6.02.